The molecule has 0 saturated heterocycles. The number of hydrogen-bond donors (Lipinski definition) is 0. The first kappa shape index (κ1) is 8.37. The van der Waals surface area contributed by atoms with Gasteiger partial charge in [-0.05, 0) is 5.82 Å². The molecule has 0 unspecified atom stereocenters. The first-order chi connectivity index (χ1) is 5.22. The Morgan fingerprint density at radius 3 is 2.73 bits per heavy atom. The molecule has 1 rings (SSSR count). The molecule has 1 aromatic rings. The average molecular weight is 149 g/mol. The molecule has 1 aromatic heterocycles. The van der Waals surface area contributed by atoms with Crippen molar-refractivity contribution in [2.45, 2.75) is 26.5 Å². The molecular weight excluding hydrogens is 136 g/mol. The van der Waals surface area contributed by atoms with Gasteiger partial charge in [-0.1, -0.05) is 25.9 Å². The van der Waals surface area contributed by atoms with Crippen molar-refractivity contribution in [1.82, 2.24) is 14.9 Å². The fraction of sp³-hybridized carbons (Fsp3) is 0.667. The first-order valence-electron chi connectivity index (χ1n) is 4.11. The third kappa shape index (κ3) is 2.41. The van der Waals surface area contributed by atoms with Crippen LogP contribution in [0.3, 0.4) is 0 Å². The number of aromatic nitrogens is 3. The molecule has 5 heteroatoms. The Labute approximate surface area is 68.7 Å². The fourth-order valence-electron chi connectivity index (χ4n) is 0.964. The van der Waals surface area contributed by atoms with Gasteiger partial charge in [0, 0.05) is 11.8 Å². The fourth-order valence-corrected chi connectivity index (χ4v) is 0.964. The molecule has 58 valence electrons. The van der Waals surface area contributed by atoms with Gasteiger partial charge in [0.15, 0.2) is 7.28 Å². The summed E-state index contributed by atoms with van der Waals surface area (Å²) in [7, 11) is 1.94. The van der Waals surface area contributed by atoms with Gasteiger partial charge in [-0.3, -0.25) is 0 Å². The van der Waals surface area contributed by atoms with E-state index in [9.17, 15) is 0 Å². The molecule has 3 nitrogen and oxygen atoms in total. The summed E-state index contributed by atoms with van der Waals surface area (Å²) in [5.74, 6) is 0.640. The van der Waals surface area contributed by atoms with Crippen molar-refractivity contribution in [1.29, 1.82) is 0 Å². The predicted molar refractivity (Wildman–Crippen MR) is 50.3 cm³/mol. The highest BCUT2D eigenvalue weighted by Crippen LogP contribution is 1.95. The van der Waals surface area contributed by atoms with E-state index >= 15 is 0 Å². The topological polar surface area (TPSA) is 30.7 Å². The van der Waals surface area contributed by atoms with Crippen molar-refractivity contribution in [3.05, 3.63) is 6.20 Å². The second-order valence-electron chi connectivity index (χ2n) is 3.18. The van der Waals surface area contributed by atoms with Gasteiger partial charge >= 0.3 is 0 Å². The first-order valence-corrected chi connectivity index (χ1v) is 4.11. The molecule has 0 radical (unpaired) electrons. The standard InChI is InChI=1S/C6H13B2N3/c1-5(2)8-11-4-6(7-3)9-10-11/h4-5,7-8H,1-3H3. The Balaban J connectivity index is 2.58. The van der Waals surface area contributed by atoms with Crippen molar-refractivity contribution in [3.8, 4) is 0 Å². The third-order valence-corrected chi connectivity index (χ3v) is 1.50. The maximum atomic E-state index is 4.00. The predicted octanol–water partition coefficient (Wildman–Crippen LogP) is -0.584. The summed E-state index contributed by atoms with van der Waals surface area (Å²) >= 11 is 0. The molecule has 0 aliphatic carbocycles. The van der Waals surface area contributed by atoms with Crippen LogP contribution in [0.15, 0.2) is 6.20 Å². The van der Waals surface area contributed by atoms with Crippen molar-refractivity contribution in [3.63, 3.8) is 0 Å². The Bertz CT molecular complexity index is 221. The normalized spacial score (nSPS) is 10.2. The van der Waals surface area contributed by atoms with Crippen LogP contribution in [0.25, 0.3) is 0 Å². The van der Waals surface area contributed by atoms with Crippen LogP contribution in [0.2, 0.25) is 12.6 Å². The smallest absolute Gasteiger partial charge is 0.271 e. The molecule has 11 heavy (non-hydrogen) atoms. The van der Waals surface area contributed by atoms with Gasteiger partial charge < -0.3 is 4.59 Å². The molecule has 0 spiro atoms. The van der Waals surface area contributed by atoms with Gasteiger partial charge in [0.1, 0.15) is 0 Å². The van der Waals surface area contributed by atoms with Crippen LogP contribution in [0.5, 0.6) is 0 Å². The average Bonchev–Trinajstić information content (AvgIpc) is 2.34. The summed E-state index contributed by atoms with van der Waals surface area (Å²) < 4.78 is 1.91. The van der Waals surface area contributed by atoms with Crippen LogP contribution in [0.1, 0.15) is 13.8 Å². The molecule has 0 atom stereocenters. The summed E-state index contributed by atoms with van der Waals surface area (Å²) in [6.45, 7) is 6.43. The van der Waals surface area contributed by atoms with Gasteiger partial charge in [-0.25, -0.2) is 0 Å². The van der Waals surface area contributed by atoms with Crippen LogP contribution in [-0.4, -0.2) is 29.6 Å². The van der Waals surface area contributed by atoms with Crippen LogP contribution in [-0.2, 0) is 0 Å². The molecule has 0 aliphatic rings. The summed E-state index contributed by atoms with van der Waals surface area (Å²) in [4.78, 5) is 0. The van der Waals surface area contributed by atoms with E-state index in [1.165, 1.54) is 0 Å². The summed E-state index contributed by atoms with van der Waals surface area (Å²) in [5.41, 5.74) is 1.07. The van der Waals surface area contributed by atoms with Gasteiger partial charge in [0.25, 0.3) is 7.41 Å². The Hall–Kier alpha value is -0.730. The SMILES string of the molecule is CBc1cn(BC(C)C)nn1. The van der Waals surface area contributed by atoms with E-state index in [4.69, 9.17) is 0 Å². The third-order valence-electron chi connectivity index (χ3n) is 1.50. The van der Waals surface area contributed by atoms with Crippen LogP contribution in [0.4, 0.5) is 0 Å². The maximum Gasteiger partial charge on any atom is 0.271 e. The molecular formula is C6H13B2N3. The van der Waals surface area contributed by atoms with E-state index in [1.807, 2.05) is 10.8 Å². The molecule has 0 aliphatic heterocycles. The largest absolute Gasteiger partial charge is 0.303 e. The maximum absolute atomic E-state index is 4.00. The lowest BCUT2D eigenvalue weighted by Crippen LogP contribution is -2.12. The summed E-state index contributed by atoms with van der Waals surface area (Å²) in [6.07, 6.45) is 2.01. The van der Waals surface area contributed by atoms with Crippen molar-refractivity contribution >= 4 is 20.3 Å². The van der Waals surface area contributed by atoms with E-state index in [0.717, 1.165) is 20.3 Å². The van der Waals surface area contributed by atoms with E-state index in [-0.39, 0.29) is 0 Å². The summed E-state index contributed by atoms with van der Waals surface area (Å²) in [6, 6.07) is 0. The molecule has 1 heterocycles. The lowest BCUT2D eigenvalue weighted by molar-refractivity contribution is 0.847. The minimum Gasteiger partial charge on any atom is -0.303 e. The quantitative estimate of drug-likeness (QED) is 0.538. The van der Waals surface area contributed by atoms with Gasteiger partial charge in [0.05, 0.1) is 0 Å². The van der Waals surface area contributed by atoms with Crippen molar-refractivity contribution in [2.24, 2.45) is 0 Å². The van der Waals surface area contributed by atoms with Crippen LogP contribution < -0.4 is 5.59 Å². The number of hydrogen-bond acceptors (Lipinski definition) is 2. The van der Waals surface area contributed by atoms with Gasteiger partial charge in [0.2, 0.25) is 0 Å². The monoisotopic (exact) mass is 149 g/mol. The van der Waals surface area contributed by atoms with Crippen molar-refractivity contribution < 1.29 is 0 Å². The number of nitrogens with zero attached hydrogens (tertiary/aromatic N) is 3. The zero-order chi connectivity index (χ0) is 8.27. The van der Waals surface area contributed by atoms with E-state index < -0.39 is 0 Å². The Morgan fingerprint density at radius 2 is 2.27 bits per heavy atom. The zero-order valence-electron chi connectivity index (χ0n) is 7.41. The van der Waals surface area contributed by atoms with E-state index in [1.54, 1.807) is 0 Å². The minimum atomic E-state index is 0.640. The molecule has 0 N–H and O–H groups in total. The van der Waals surface area contributed by atoms with E-state index in [0.29, 0.717) is 5.82 Å². The zero-order valence-corrected chi connectivity index (χ0v) is 7.41. The molecule has 0 fully saturated rings. The van der Waals surface area contributed by atoms with Crippen LogP contribution in [0, 0.1) is 0 Å². The lowest BCUT2D eigenvalue weighted by atomic mass is 9.77. The Kier molecular flexibility index (Phi) is 2.74. The highest BCUT2D eigenvalue weighted by atomic mass is 15.4. The molecule has 0 amide bonds. The van der Waals surface area contributed by atoms with Gasteiger partial charge in [-0.15, -0.1) is 5.10 Å². The minimum absolute atomic E-state index is 0.640. The molecule has 0 saturated carbocycles. The second kappa shape index (κ2) is 3.60. The van der Waals surface area contributed by atoms with E-state index in [2.05, 4.69) is 31.0 Å². The molecule has 0 aromatic carbocycles. The second-order valence-corrected chi connectivity index (χ2v) is 3.18. The van der Waals surface area contributed by atoms with Crippen LogP contribution >= 0.6 is 0 Å². The van der Waals surface area contributed by atoms with Gasteiger partial charge in [-0.2, -0.15) is 0 Å². The number of rotatable bonds is 3. The highest BCUT2D eigenvalue weighted by Gasteiger charge is 2.02. The Morgan fingerprint density at radius 1 is 1.55 bits per heavy atom. The van der Waals surface area contributed by atoms with Crippen molar-refractivity contribution in [2.75, 3.05) is 0 Å². The summed E-state index contributed by atoms with van der Waals surface area (Å²) in [5, 5.41) is 7.99. The lowest BCUT2D eigenvalue weighted by Gasteiger charge is -1.98. The molecule has 0 bridgehead atoms. The highest BCUT2D eigenvalue weighted by molar-refractivity contribution is 6.50.